The first-order chi connectivity index (χ1) is 5.96. The third-order valence-electron chi connectivity index (χ3n) is 1.49. The molecule has 0 bridgehead atoms. The van der Waals surface area contributed by atoms with Crippen molar-refractivity contribution < 1.29 is 24.2 Å². The van der Waals surface area contributed by atoms with Gasteiger partial charge in [-0.05, 0) is 12.1 Å². The van der Waals surface area contributed by atoms with Crippen LogP contribution in [0.15, 0.2) is 18.2 Å². The molecule has 0 aliphatic rings. The fourth-order valence-corrected chi connectivity index (χ4v) is 1.79. The predicted molar refractivity (Wildman–Crippen MR) is 46.3 cm³/mol. The molecule has 0 saturated carbocycles. The number of benzene rings is 1. The molecule has 0 aliphatic carbocycles. The van der Waals surface area contributed by atoms with Crippen molar-refractivity contribution in [3.8, 4) is 11.5 Å². The van der Waals surface area contributed by atoms with E-state index in [1.807, 2.05) is 0 Å². The van der Waals surface area contributed by atoms with Crippen LogP contribution in [-0.2, 0) is 4.57 Å². The van der Waals surface area contributed by atoms with E-state index in [0.29, 0.717) is 0 Å². The molecule has 1 aromatic rings. The normalized spacial score (nSPS) is 11.3. The van der Waals surface area contributed by atoms with E-state index in [1.54, 1.807) is 0 Å². The summed E-state index contributed by atoms with van der Waals surface area (Å²) in [5, 5.41) is 8.71. The summed E-state index contributed by atoms with van der Waals surface area (Å²) >= 11 is 0. The van der Waals surface area contributed by atoms with Crippen LogP contribution in [0.5, 0.6) is 11.5 Å². The largest absolute Gasteiger partial charge is 0.507 e. The zero-order chi connectivity index (χ0) is 10.1. The van der Waals surface area contributed by atoms with Gasteiger partial charge in [0.1, 0.15) is 16.8 Å². The molecule has 5 nitrogen and oxygen atoms in total. The van der Waals surface area contributed by atoms with E-state index in [0.717, 1.165) is 0 Å². The highest BCUT2D eigenvalue weighted by Gasteiger charge is 2.26. The summed E-state index contributed by atoms with van der Waals surface area (Å²) in [5.41, 5.74) is 0. The summed E-state index contributed by atoms with van der Waals surface area (Å²) in [4.78, 5) is 17.7. The first kappa shape index (κ1) is 10.1. The number of methoxy groups -OCH3 is 1. The van der Waals surface area contributed by atoms with E-state index in [-0.39, 0.29) is 5.75 Å². The van der Waals surface area contributed by atoms with E-state index >= 15 is 0 Å². The molecule has 0 unspecified atom stereocenters. The monoisotopic (exact) mass is 204 g/mol. The number of hydrogen-bond acceptors (Lipinski definition) is 3. The van der Waals surface area contributed by atoms with Gasteiger partial charge in [-0.15, -0.1) is 0 Å². The molecule has 1 rings (SSSR count). The third-order valence-corrected chi connectivity index (χ3v) is 2.52. The van der Waals surface area contributed by atoms with Crippen LogP contribution in [0.25, 0.3) is 0 Å². The van der Waals surface area contributed by atoms with E-state index in [1.165, 1.54) is 25.3 Å². The number of ether oxygens (including phenoxy) is 1. The minimum absolute atomic E-state index is 0.0201. The molecule has 6 heteroatoms. The smallest absolute Gasteiger partial charge is 0.363 e. The Morgan fingerprint density at radius 2 is 2.00 bits per heavy atom. The fraction of sp³-hybridized carbons (Fsp3) is 0.143. The van der Waals surface area contributed by atoms with E-state index in [9.17, 15) is 9.67 Å². The van der Waals surface area contributed by atoms with E-state index in [2.05, 4.69) is 0 Å². The fourth-order valence-electron chi connectivity index (χ4n) is 0.968. The summed E-state index contributed by atoms with van der Waals surface area (Å²) in [6.07, 6.45) is 0. The minimum Gasteiger partial charge on any atom is -0.507 e. The quantitative estimate of drug-likeness (QED) is 0.599. The van der Waals surface area contributed by atoms with E-state index in [4.69, 9.17) is 14.5 Å². The summed E-state index contributed by atoms with van der Waals surface area (Å²) in [7, 11) is -3.21. The Balaban J connectivity index is 3.41. The van der Waals surface area contributed by atoms with Gasteiger partial charge in [-0.1, -0.05) is 6.07 Å². The van der Waals surface area contributed by atoms with Crippen LogP contribution in [-0.4, -0.2) is 22.0 Å². The topological polar surface area (TPSA) is 87.0 Å². The first-order valence-electron chi connectivity index (χ1n) is 3.39. The predicted octanol–water partition coefficient (Wildman–Crippen LogP) is 0.204. The molecule has 3 N–H and O–H groups in total. The second-order valence-corrected chi connectivity index (χ2v) is 3.91. The molecule has 0 radical (unpaired) electrons. The first-order valence-corrected chi connectivity index (χ1v) is 5.00. The van der Waals surface area contributed by atoms with Crippen molar-refractivity contribution >= 4 is 12.9 Å². The van der Waals surface area contributed by atoms with Crippen molar-refractivity contribution in [3.05, 3.63) is 18.2 Å². The molecule has 0 aliphatic heterocycles. The standard InChI is InChI=1S/C7H9O5P/c1-12-6-4-2-3-5(8)7(6)13(9,10)11/h2-4,8H,1H3,(H2,9,10,11). The Kier molecular flexibility index (Phi) is 2.61. The van der Waals surface area contributed by atoms with Crippen LogP contribution in [0.3, 0.4) is 0 Å². The number of hydrogen-bond donors (Lipinski definition) is 3. The molecule has 0 spiro atoms. The maximum atomic E-state index is 10.9. The number of phenolic OH excluding ortho intramolecular Hbond substituents is 1. The van der Waals surface area contributed by atoms with Crippen LogP contribution in [0.1, 0.15) is 0 Å². The number of rotatable bonds is 2. The molecule has 72 valence electrons. The molecule has 0 heterocycles. The van der Waals surface area contributed by atoms with Gasteiger partial charge in [0.25, 0.3) is 0 Å². The Morgan fingerprint density at radius 3 is 2.38 bits per heavy atom. The molecule has 0 amide bonds. The van der Waals surface area contributed by atoms with Gasteiger partial charge >= 0.3 is 7.60 Å². The van der Waals surface area contributed by atoms with Gasteiger partial charge in [0.2, 0.25) is 0 Å². The minimum atomic E-state index is -4.48. The zero-order valence-electron chi connectivity index (χ0n) is 6.84. The lowest BCUT2D eigenvalue weighted by Crippen LogP contribution is -2.08. The van der Waals surface area contributed by atoms with Gasteiger partial charge in [0.15, 0.2) is 0 Å². The molecule has 0 aromatic heterocycles. The Morgan fingerprint density at radius 1 is 1.38 bits per heavy atom. The molecule has 0 fully saturated rings. The zero-order valence-corrected chi connectivity index (χ0v) is 7.73. The maximum absolute atomic E-state index is 10.9. The van der Waals surface area contributed by atoms with Crippen molar-refractivity contribution in [2.75, 3.05) is 7.11 Å². The van der Waals surface area contributed by atoms with Crippen LogP contribution < -0.4 is 10.0 Å². The number of phenols is 1. The Bertz CT molecular complexity index is 356. The second-order valence-electron chi connectivity index (χ2n) is 2.37. The van der Waals surface area contributed by atoms with Crippen LogP contribution in [0.2, 0.25) is 0 Å². The van der Waals surface area contributed by atoms with Crippen molar-refractivity contribution in [3.63, 3.8) is 0 Å². The highest BCUT2D eigenvalue weighted by Crippen LogP contribution is 2.40. The molecule has 13 heavy (non-hydrogen) atoms. The maximum Gasteiger partial charge on any atom is 0.363 e. The lowest BCUT2D eigenvalue weighted by Gasteiger charge is -2.10. The summed E-state index contributed by atoms with van der Waals surface area (Å²) < 4.78 is 15.6. The Labute approximate surface area is 74.8 Å². The number of aromatic hydroxyl groups is 1. The van der Waals surface area contributed by atoms with Gasteiger partial charge in [0, 0.05) is 0 Å². The molecule has 0 saturated heterocycles. The summed E-state index contributed by atoms with van der Waals surface area (Å²) in [6, 6.07) is 4.00. The second kappa shape index (κ2) is 3.38. The van der Waals surface area contributed by atoms with Gasteiger partial charge in [-0.2, -0.15) is 0 Å². The SMILES string of the molecule is COc1cccc(O)c1P(=O)(O)O. The average molecular weight is 204 g/mol. The molecular weight excluding hydrogens is 195 g/mol. The van der Waals surface area contributed by atoms with Gasteiger partial charge in [-0.25, -0.2) is 0 Å². The van der Waals surface area contributed by atoms with Gasteiger partial charge in [0.05, 0.1) is 7.11 Å². The molecule has 0 atom stereocenters. The van der Waals surface area contributed by atoms with Crippen LogP contribution >= 0.6 is 7.60 Å². The van der Waals surface area contributed by atoms with Crippen molar-refractivity contribution in [1.29, 1.82) is 0 Å². The lowest BCUT2D eigenvalue weighted by atomic mass is 10.3. The van der Waals surface area contributed by atoms with E-state index < -0.39 is 18.6 Å². The van der Waals surface area contributed by atoms with Crippen LogP contribution in [0.4, 0.5) is 0 Å². The van der Waals surface area contributed by atoms with Crippen LogP contribution in [0, 0.1) is 0 Å². The highest BCUT2D eigenvalue weighted by molar-refractivity contribution is 7.60. The summed E-state index contributed by atoms with van der Waals surface area (Å²) in [6.45, 7) is 0. The molecular formula is C7H9O5P. The van der Waals surface area contributed by atoms with Crippen molar-refractivity contribution in [2.24, 2.45) is 0 Å². The highest BCUT2D eigenvalue weighted by atomic mass is 31.2. The van der Waals surface area contributed by atoms with Gasteiger partial charge in [-0.3, -0.25) is 4.57 Å². The third kappa shape index (κ3) is 2.01. The lowest BCUT2D eigenvalue weighted by molar-refractivity contribution is 0.376. The Hall–Kier alpha value is -1.03. The molecule has 1 aromatic carbocycles. The van der Waals surface area contributed by atoms with Gasteiger partial charge < -0.3 is 19.6 Å². The summed E-state index contributed by atoms with van der Waals surface area (Å²) in [5.74, 6) is -0.485. The van der Waals surface area contributed by atoms with Crippen molar-refractivity contribution in [2.45, 2.75) is 0 Å². The van der Waals surface area contributed by atoms with Crippen molar-refractivity contribution in [1.82, 2.24) is 0 Å². The average Bonchev–Trinajstić information content (AvgIpc) is 2.01.